The molecule has 2 aromatic heterocycles. The Morgan fingerprint density at radius 2 is 2.38 bits per heavy atom. The van der Waals surface area contributed by atoms with Crippen LogP contribution in [0.4, 0.5) is 5.82 Å². The van der Waals surface area contributed by atoms with Crippen LogP contribution in [0.15, 0.2) is 29.8 Å². The number of nitrogens with zero attached hydrogens (tertiary/aromatic N) is 2. The molecular formula is C15H16ClN3OS. The molecule has 110 valence electrons. The van der Waals surface area contributed by atoms with Crippen molar-refractivity contribution in [1.82, 2.24) is 10.3 Å². The molecule has 2 aromatic rings. The summed E-state index contributed by atoms with van der Waals surface area (Å²) in [5.41, 5.74) is 0.952. The zero-order valence-electron chi connectivity index (χ0n) is 11.7. The van der Waals surface area contributed by atoms with Gasteiger partial charge in [0.05, 0.1) is 5.02 Å². The van der Waals surface area contributed by atoms with E-state index in [1.54, 1.807) is 6.20 Å². The first-order valence-corrected chi connectivity index (χ1v) is 8.11. The van der Waals surface area contributed by atoms with E-state index in [1.807, 2.05) is 30.5 Å². The van der Waals surface area contributed by atoms with Crippen LogP contribution >= 0.6 is 22.9 Å². The van der Waals surface area contributed by atoms with Gasteiger partial charge in [-0.15, -0.1) is 11.3 Å². The summed E-state index contributed by atoms with van der Waals surface area (Å²) in [6, 6.07) is 6.00. The second kappa shape index (κ2) is 6.03. The van der Waals surface area contributed by atoms with Gasteiger partial charge in [0.1, 0.15) is 10.7 Å². The van der Waals surface area contributed by atoms with Crippen LogP contribution in [0.5, 0.6) is 0 Å². The smallest absolute Gasteiger partial charge is 0.263 e. The van der Waals surface area contributed by atoms with Crippen LogP contribution in [-0.2, 0) is 0 Å². The number of hydrogen-bond acceptors (Lipinski definition) is 4. The molecule has 3 heterocycles. The third-order valence-electron chi connectivity index (χ3n) is 3.60. The molecule has 0 aromatic carbocycles. The molecule has 4 nitrogen and oxygen atoms in total. The van der Waals surface area contributed by atoms with Gasteiger partial charge in [0.15, 0.2) is 0 Å². The second-order valence-corrected chi connectivity index (χ2v) is 6.41. The number of carbonyl (C=O) groups is 1. The SMILES string of the molecule is Cc1csc(C(=O)N[C@H]2CCN(c3ccccn3)C2)c1Cl. The molecular weight excluding hydrogens is 306 g/mol. The quantitative estimate of drug-likeness (QED) is 0.944. The molecule has 1 aliphatic heterocycles. The Hall–Kier alpha value is -1.59. The molecule has 0 spiro atoms. The maximum atomic E-state index is 12.3. The third-order valence-corrected chi connectivity index (χ3v) is 5.30. The topological polar surface area (TPSA) is 45.2 Å². The summed E-state index contributed by atoms with van der Waals surface area (Å²) in [7, 11) is 0. The minimum absolute atomic E-state index is 0.0778. The van der Waals surface area contributed by atoms with Crippen LogP contribution in [-0.4, -0.2) is 30.0 Å². The van der Waals surface area contributed by atoms with E-state index in [9.17, 15) is 4.79 Å². The van der Waals surface area contributed by atoms with Gasteiger partial charge in [-0.1, -0.05) is 17.7 Å². The molecule has 1 saturated heterocycles. The second-order valence-electron chi connectivity index (χ2n) is 5.15. The van der Waals surface area contributed by atoms with Gasteiger partial charge < -0.3 is 10.2 Å². The summed E-state index contributed by atoms with van der Waals surface area (Å²) in [6.07, 6.45) is 2.71. The zero-order valence-corrected chi connectivity index (χ0v) is 13.2. The van der Waals surface area contributed by atoms with Gasteiger partial charge in [-0.25, -0.2) is 4.98 Å². The molecule has 1 amide bonds. The molecule has 0 aliphatic carbocycles. The largest absolute Gasteiger partial charge is 0.354 e. The highest BCUT2D eigenvalue weighted by atomic mass is 35.5. The lowest BCUT2D eigenvalue weighted by Crippen LogP contribution is -2.37. The van der Waals surface area contributed by atoms with Crippen molar-refractivity contribution < 1.29 is 4.79 Å². The maximum Gasteiger partial charge on any atom is 0.263 e. The predicted octanol–water partition coefficient (Wildman–Crippen LogP) is 3.11. The molecule has 1 aliphatic rings. The minimum Gasteiger partial charge on any atom is -0.354 e. The number of halogens is 1. The number of hydrogen-bond donors (Lipinski definition) is 1. The highest BCUT2D eigenvalue weighted by molar-refractivity contribution is 7.13. The van der Waals surface area contributed by atoms with Crippen molar-refractivity contribution in [3.8, 4) is 0 Å². The van der Waals surface area contributed by atoms with E-state index in [0.29, 0.717) is 9.90 Å². The monoisotopic (exact) mass is 321 g/mol. The van der Waals surface area contributed by atoms with Gasteiger partial charge >= 0.3 is 0 Å². The standard InChI is InChI=1S/C15H16ClN3OS/c1-10-9-21-14(13(10)16)15(20)18-11-5-7-19(8-11)12-4-2-3-6-17-12/h2-4,6,9,11H,5,7-8H2,1H3,(H,18,20)/t11-/m0/s1. The van der Waals surface area contributed by atoms with E-state index < -0.39 is 0 Å². The van der Waals surface area contributed by atoms with E-state index in [1.165, 1.54) is 11.3 Å². The number of pyridine rings is 1. The average Bonchev–Trinajstić information content (AvgIpc) is 3.08. The molecule has 0 bridgehead atoms. The van der Waals surface area contributed by atoms with Crippen LogP contribution in [0, 0.1) is 6.92 Å². The van der Waals surface area contributed by atoms with E-state index in [-0.39, 0.29) is 11.9 Å². The third kappa shape index (κ3) is 3.04. The Balaban J connectivity index is 1.62. The van der Waals surface area contributed by atoms with Gasteiger partial charge in [0.25, 0.3) is 5.91 Å². The Morgan fingerprint density at radius 3 is 3.05 bits per heavy atom. The molecule has 21 heavy (non-hydrogen) atoms. The number of aryl methyl sites for hydroxylation is 1. The molecule has 1 N–H and O–H groups in total. The van der Waals surface area contributed by atoms with Gasteiger partial charge in [-0.3, -0.25) is 4.79 Å². The molecule has 1 fully saturated rings. The lowest BCUT2D eigenvalue weighted by atomic mass is 10.2. The fourth-order valence-electron chi connectivity index (χ4n) is 2.46. The van der Waals surface area contributed by atoms with Crippen molar-refractivity contribution in [3.05, 3.63) is 45.2 Å². The normalized spacial score (nSPS) is 18.0. The van der Waals surface area contributed by atoms with E-state index in [4.69, 9.17) is 11.6 Å². The first-order valence-electron chi connectivity index (χ1n) is 6.85. The number of amides is 1. The van der Waals surface area contributed by atoms with Crippen molar-refractivity contribution in [2.45, 2.75) is 19.4 Å². The van der Waals surface area contributed by atoms with Crippen LogP contribution < -0.4 is 10.2 Å². The number of nitrogens with one attached hydrogen (secondary N) is 1. The van der Waals surface area contributed by atoms with Crippen molar-refractivity contribution in [2.75, 3.05) is 18.0 Å². The number of rotatable bonds is 3. The van der Waals surface area contributed by atoms with Crippen LogP contribution in [0.1, 0.15) is 21.7 Å². The predicted molar refractivity (Wildman–Crippen MR) is 86.4 cm³/mol. The first-order chi connectivity index (χ1) is 10.1. The van der Waals surface area contributed by atoms with Crippen LogP contribution in [0.3, 0.4) is 0 Å². The lowest BCUT2D eigenvalue weighted by Gasteiger charge is -2.17. The van der Waals surface area contributed by atoms with E-state index >= 15 is 0 Å². The minimum atomic E-state index is -0.0778. The summed E-state index contributed by atoms with van der Waals surface area (Å²) >= 11 is 7.54. The molecule has 0 radical (unpaired) electrons. The fraction of sp³-hybridized carbons (Fsp3) is 0.333. The van der Waals surface area contributed by atoms with Gasteiger partial charge in [-0.2, -0.15) is 0 Å². The highest BCUT2D eigenvalue weighted by Gasteiger charge is 2.26. The van der Waals surface area contributed by atoms with Crippen molar-refractivity contribution in [3.63, 3.8) is 0 Å². The summed E-state index contributed by atoms with van der Waals surface area (Å²) < 4.78 is 0. The Labute approximate surface area is 132 Å². The van der Waals surface area contributed by atoms with Crippen molar-refractivity contribution in [2.24, 2.45) is 0 Å². The van der Waals surface area contributed by atoms with Crippen molar-refractivity contribution in [1.29, 1.82) is 0 Å². The molecule has 1 atom stereocenters. The molecule has 3 rings (SSSR count). The zero-order chi connectivity index (χ0) is 14.8. The Kier molecular flexibility index (Phi) is 4.12. The highest BCUT2D eigenvalue weighted by Crippen LogP contribution is 2.27. The van der Waals surface area contributed by atoms with Gasteiger partial charge in [0, 0.05) is 25.3 Å². The molecule has 0 unspecified atom stereocenters. The maximum absolute atomic E-state index is 12.3. The average molecular weight is 322 g/mol. The molecule has 0 saturated carbocycles. The number of anilines is 1. The summed E-state index contributed by atoms with van der Waals surface area (Å²) in [5.74, 6) is 0.880. The molecule has 6 heteroatoms. The van der Waals surface area contributed by atoms with Gasteiger partial charge in [-0.05, 0) is 36.4 Å². The fourth-order valence-corrected chi connectivity index (χ4v) is 3.64. The first kappa shape index (κ1) is 14.4. The number of carbonyl (C=O) groups excluding carboxylic acids is 1. The lowest BCUT2D eigenvalue weighted by molar-refractivity contribution is 0.0944. The Bertz CT molecular complexity index is 644. The summed E-state index contributed by atoms with van der Waals surface area (Å²) in [6.45, 7) is 3.60. The van der Waals surface area contributed by atoms with Crippen LogP contribution in [0.25, 0.3) is 0 Å². The summed E-state index contributed by atoms with van der Waals surface area (Å²) in [5, 5.41) is 5.54. The van der Waals surface area contributed by atoms with E-state index in [2.05, 4.69) is 15.2 Å². The van der Waals surface area contributed by atoms with Crippen molar-refractivity contribution >= 4 is 34.7 Å². The Morgan fingerprint density at radius 1 is 1.52 bits per heavy atom. The van der Waals surface area contributed by atoms with Crippen LogP contribution in [0.2, 0.25) is 5.02 Å². The van der Waals surface area contributed by atoms with Gasteiger partial charge in [0.2, 0.25) is 0 Å². The number of thiophene rings is 1. The number of aromatic nitrogens is 1. The summed E-state index contributed by atoms with van der Waals surface area (Å²) in [4.78, 5) is 19.4. The van der Waals surface area contributed by atoms with E-state index in [0.717, 1.165) is 30.9 Å².